The van der Waals surface area contributed by atoms with Crippen LogP contribution in [0.4, 0.5) is 0 Å². The number of benzene rings is 7. The highest BCUT2D eigenvalue weighted by molar-refractivity contribution is 6.12. The first-order valence-corrected chi connectivity index (χ1v) is 21.1. The molecule has 7 nitrogen and oxygen atoms in total. The van der Waals surface area contributed by atoms with Crippen LogP contribution in [-0.4, -0.2) is 33.6 Å². The Morgan fingerprint density at radius 3 is 1.51 bits per heavy atom. The van der Waals surface area contributed by atoms with Gasteiger partial charge in [0.25, 0.3) is 0 Å². The number of pyridine rings is 2. The standard InChI is InChI=1S/C56H35N7/c1-3-14-36(15-4-1)40-30-47(37-16-5-2-6-17-37)60-54(33-40)62-48-21-10-7-18-42(48)44-27-25-38(31-52(44)62)39-26-28-45-43-19-8-11-22-49(43)63(53(45)32-39)56-58-34-41(35-59-56)61-50-23-12-9-20-46(50)55-51(61)24-13-29-57-55/h1-35H. The van der Waals surface area contributed by atoms with Crippen molar-refractivity contribution in [1.82, 2.24) is 33.6 Å². The molecule has 7 aromatic carbocycles. The molecule has 0 saturated heterocycles. The Labute approximate surface area is 361 Å². The number of nitrogens with zero attached hydrogens (tertiary/aromatic N) is 7. The van der Waals surface area contributed by atoms with E-state index in [9.17, 15) is 0 Å². The second kappa shape index (κ2) is 13.9. The third-order valence-corrected chi connectivity index (χ3v) is 12.4. The minimum atomic E-state index is 0.607. The first kappa shape index (κ1) is 35.1. The largest absolute Gasteiger partial charge is 0.305 e. The lowest BCUT2D eigenvalue weighted by molar-refractivity contribution is 0.967. The van der Waals surface area contributed by atoms with Gasteiger partial charge < -0.3 is 4.57 Å². The van der Waals surface area contributed by atoms with E-state index >= 15 is 0 Å². The molecule has 7 heteroatoms. The Morgan fingerprint density at radius 2 is 0.841 bits per heavy atom. The van der Waals surface area contributed by atoms with Crippen LogP contribution in [0, 0.1) is 0 Å². The number of para-hydroxylation sites is 3. The summed E-state index contributed by atoms with van der Waals surface area (Å²) in [7, 11) is 0. The fourth-order valence-corrected chi connectivity index (χ4v) is 9.55. The topological polar surface area (TPSA) is 66.3 Å². The van der Waals surface area contributed by atoms with Crippen molar-refractivity contribution in [2.24, 2.45) is 0 Å². The average Bonchev–Trinajstić information content (AvgIpc) is 4.00. The maximum Gasteiger partial charge on any atom is 0.234 e. The third kappa shape index (κ3) is 5.53. The quantitative estimate of drug-likeness (QED) is 0.168. The summed E-state index contributed by atoms with van der Waals surface area (Å²) >= 11 is 0. The molecule has 13 aromatic rings. The van der Waals surface area contributed by atoms with E-state index in [-0.39, 0.29) is 0 Å². The van der Waals surface area contributed by atoms with E-state index in [1.807, 2.05) is 30.7 Å². The molecule has 0 spiro atoms. The number of rotatable bonds is 6. The van der Waals surface area contributed by atoms with E-state index in [1.165, 1.54) is 10.8 Å². The second-order valence-corrected chi connectivity index (χ2v) is 16.0. The van der Waals surface area contributed by atoms with Gasteiger partial charge in [0.15, 0.2) is 0 Å². The highest BCUT2D eigenvalue weighted by Gasteiger charge is 2.20. The Bertz CT molecular complexity index is 3790. The van der Waals surface area contributed by atoms with Crippen molar-refractivity contribution in [3.05, 3.63) is 213 Å². The van der Waals surface area contributed by atoms with Gasteiger partial charge in [-0.2, -0.15) is 0 Å². The van der Waals surface area contributed by atoms with E-state index in [0.29, 0.717) is 5.95 Å². The van der Waals surface area contributed by atoms with Crippen LogP contribution in [0.3, 0.4) is 0 Å². The number of fused-ring (bicyclic) bond motifs is 9. The molecule has 0 amide bonds. The first-order chi connectivity index (χ1) is 31.2. The lowest BCUT2D eigenvalue weighted by Gasteiger charge is -2.13. The maximum atomic E-state index is 5.38. The van der Waals surface area contributed by atoms with Crippen LogP contribution in [0.25, 0.3) is 117 Å². The summed E-state index contributed by atoms with van der Waals surface area (Å²) in [6.07, 6.45) is 5.68. The molecule has 6 heterocycles. The van der Waals surface area contributed by atoms with Gasteiger partial charge >= 0.3 is 0 Å². The van der Waals surface area contributed by atoms with Crippen molar-refractivity contribution in [2.45, 2.75) is 0 Å². The molecule has 0 fully saturated rings. The van der Waals surface area contributed by atoms with Gasteiger partial charge in [-0.3, -0.25) is 14.1 Å². The Balaban J connectivity index is 0.981. The summed E-state index contributed by atoms with van der Waals surface area (Å²) in [5.41, 5.74) is 14.6. The Morgan fingerprint density at radius 1 is 0.317 bits per heavy atom. The van der Waals surface area contributed by atoms with Crippen molar-refractivity contribution in [1.29, 1.82) is 0 Å². The van der Waals surface area contributed by atoms with Gasteiger partial charge in [-0.05, 0) is 76.9 Å². The van der Waals surface area contributed by atoms with E-state index in [1.54, 1.807) is 0 Å². The molecular formula is C56H35N7. The zero-order valence-electron chi connectivity index (χ0n) is 33.8. The first-order valence-electron chi connectivity index (χ1n) is 21.1. The van der Waals surface area contributed by atoms with Gasteiger partial charge in [-0.15, -0.1) is 0 Å². The maximum absolute atomic E-state index is 5.38. The molecular weight excluding hydrogens is 771 g/mol. The summed E-state index contributed by atoms with van der Waals surface area (Å²) in [6.45, 7) is 0. The van der Waals surface area contributed by atoms with Gasteiger partial charge in [0.2, 0.25) is 5.95 Å². The van der Waals surface area contributed by atoms with Crippen LogP contribution in [0.15, 0.2) is 213 Å². The van der Waals surface area contributed by atoms with Gasteiger partial charge in [-0.25, -0.2) is 15.0 Å². The molecule has 13 rings (SSSR count). The molecule has 0 aliphatic rings. The monoisotopic (exact) mass is 805 g/mol. The molecule has 63 heavy (non-hydrogen) atoms. The summed E-state index contributed by atoms with van der Waals surface area (Å²) < 4.78 is 6.70. The molecule has 294 valence electrons. The molecule has 0 saturated carbocycles. The number of aromatic nitrogens is 7. The number of hydrogen-bond acceptors (Lipinski definition) is 4. The van der Waals surface area contributed by atoms with E-state index in [0.717, 1.165) is 99.8 Å². The lowest BCUT2D eigenvalue weighted by atomic mass is 10.0. The lowest BCUT2D eigenvalue weighted by Crippen LogP contribution is -2.03. The summed E-state index contributed by atoms with van der Waals surface area (Å²) in [5.74, 6) is 1.47. The number of hydrogen-bond donors (Lipinski definition) is 0. The average molecular weight is 806 g/mol. The van der Waals surface area contributed by atoms with Crippen molar-refractivity contribution in [2.75, 3.05) is 0 Å². The predicted octanol–water partition coefficient (Wildman–Crippen LogP) is 13.6. The summed E-state index contributed by atoms with van der Waals surface area (Å²) in [6, 6.07) is 68.5. The van der Waals surface area contributed by atoms with Crippen LogP contribution in [-0.2, 0) is 0 Å². The predicted molar refractivity (Wildman–Crippen MR) is 257 cm³/mol. The van der Waals surface area contributed by atoms with Crippen LogP contribution in [0.2, 0.25) is 0 Å². The smallest absolute Gasteiger partial charge is 0.234 e. The van der Waals surface area contributed by atoms with Crippen molar-refractivity contribution >= 4 is 65.5 Å². The minimum absolute atomic E-state index is 0.607. The molecule has 0 unspecified atom stereocenters. The molecule has 0 aliphatic heterocycles. The van der Waals surface area contributed by atoms with E-state index in [2.05, 4.69) is 196 Å². The highest BCUT2D eigenvalue weighted by atomic mass is 15.2. The Hall–Kier alpha value is -8.68. The van der Waals surface area contributed by atoms with Crippen LogP contribution < -0.4 is 0 Å². The molecule has 0 aliphatic carbocycles. The van der Waals surface area contributed by atoms with Gasteiger partial charge in [-0.1, -0.05) is 140 Å². The Kier molecular flexibility index (Phi) is 7.77. The molecule has 0 bridgehead atoms. The fraction of sp³-hybridized carbons (Fsp3) is 0. The minimum Gasteiger partial charge on any atom is -0.305 e. The summed E-state index contributed by atoms with van der Waals surface area (Å²) in [5, 5.41) is 5.74. The SMILES string of the molecule is c1ccc(-c2cc(-c3ccccc3)nc(-n3c4ccccc4c4ccc(-c5ccc6c7ccccc7n(-c7ncc(-n8c9ccccc9c9ncccc98)cn7)c6c5)cc43)c2)cc1. The third-order valence-electron chi connectivity index (χ3n) is 12.4. The molecule has 6 aromatic heterocycles. The van der Waals surface area contributed by atoms with E-state index < -0.39 is 0 Å². The van der Waals surface area contributed by atoms with Gasteiger partial charge in [0.05, 0.1) is 62.4 Å². The van der Waals surface area contributed by atoms with Crippen LogP contribution >= 0.6 is 0 Å². The molecule has 0 atom stereocenters. The zero-order valence-corrected chi connectivity index (χ0v) is 33.8. The zero-order chi connectivity index (χ0) is 41.4. The van der Waals surface area contributed by atoms with E-state index in [4.69, 9.17) is 19.9 Å². The van der Waals surface area contributed by atoms with Gasteiger partial charge in [0, 0.05) is 38.7 Å². The fourth-order valence-electron chi connectivity index (χ4n) is 9.55. The highest BCUT2D eigenvalue weighted by Crippen LogP contribution is 2.39. The van der Waals surface area contributed by atoms with Crippen molar-refractivity contribution in [3.8, 4) is 51.0 Å². The second-order valence-electron chi connectivity index (χ2n) is 16.0. The van der Waals surface area contributed by atoms with Gasteiger partial charge in [0.1, 0.15) is 5.82 Å². The van der Waals surface area contributed by atoms with Crippen molar-refractivity contribution < 1.29 is 0 Å². The molecule has 0 N–H and O–H groups in total. The van der Waals surface area contributed by atoms with Crippen molar-refractivity contribution in [3.63, 3.8) is 0 Å². The van der Waals surface area contributed by atoms with Crippen LogP contribution in [0.1, 0.15) is 0 Å². The van der Waals surface area contributed by atoms with Crippen LogP contribution in [0.5, 0.6) is 0 Å². The molecule has 0 radical (unpaired) electrons. The summed E-state index contributed by atoms with van der Waals surface area (Å²) in [4.78, 5) is 20.2. The normalized spacial score (nSPS) is 11.8.